The van der Waals surface area contributed by atoms with Gasteiger partial charge in [-0.15, -0.1) is 0 Å². The van der Waals surface area contributed by atoms with E-state index < -0.39 is 21.0 Å². The second-order valence-corrected chi connectivity index (χ2v) is 8.65. The van der Waals surface area contributed by atoms with Crippen molar-refractivity contribution in [2.75, 3.05) is 13.2 Å². The van der Waals surface area contributed by atoms with Crippen molar-refractivity contribution in [3.8, 4) is 5.75 Å². The Morgan fingerprint density at radius 1 is 1.35 bits per heavy atom. The molecule has 6 heteroatoms. The summed E-state index contributed by atoms with van der Waals surface area (Å²) in [5.41, 5.74) is 1.10. The number of carbonyl (C=O) groups is 1. The van der Waals surface area contributed by atoms with E-state index in [1.54, 1.807) is 0 Å². The topological polar surface area (TPSA) is 72.5 Å². The van der Waals surface area contributed by atoms with Crippen molar-refractivity contribution in [3.63, 3.8) is 0 Å². The second-order valence-electron chi connectivity index (χ2n) is 6.09. The van der Waals surface area contributed by atoms with Crippen molar-refractivity contribution in [1.82, 2.24) is 5.32 Å². The highest BCUT2D eigenvalue weighted by atomic mass is 32.2. The molecule has 1 aromatic rings. The third-order valence-corrected chi connectivity index (χ3v) is 6.89. The van der Waals surface area contributed by atoms with Crippen LogP contribution in [-0.2, 0) is 14.6 Å². The van der Waals surface area contributed by atoms with Gasteiger partial charge < -0.3 is 10.1 Å². The highest BCUT2D eigenvalue weighted by Gasteiger charge is 2.36. The molecule has 128 valence electrons. The maximum atomic E-state index is 12.4. The maximum absolute atomic E-state index is 12.4. The Hall–Kier alpha value is -1.56. The van der Waals surface area contributed by atoms with Crippen LogP contribution in [0.1, 0.15) is 38.2 Å². The van der Waals surface area contributed by atoms with Crippen LogP contribution in [0.5, 0.6) is 5.75 Å². The molecule has 5 nitrogen and oxygen atoms in total. The number of aryl methyl sites for hydroxylation is 1. The molecule has 0 spiro atoms. The number of hydrogen-bond donors (Lipinski definition) is 1. The lowest BCUT2D eigenvalue weighted by molar-refractivity contribution is -0.120. The van der Waals surface area contributed by atoms with Gasteiger partial charge in [0.1, 0.15) is 17.6 Å². The number of nitrogens with one attached hydrogen (secondary N) is 1. The quantitative estimate of drug-likeness (QED) is 0.773. The summed E-state index contributed by atoms with van der Waals surface area (Å²) in [5.74, 6) is 0.301. The van der Waals surface area contributed by atoms with Gasteiger partial charge in [-0.25, -0.2) is 8.42 Å². The third kappa shape index (κ3) is 4.70. The lowest BCUT2D eigenvalue weighted by atomic mass is 10.2. The van der Waals surface area contributed by atoms with Crippen molar-refractivity contribution in [3.05, 3.63) is 29.8 Å². The van der Waals surface area contributed by atoms with E-state index in [1.165, 1.54) is 6.92 Å². The van der Waals surface area contributed by atoms with Gasteiger partial charge in [0.15, 0.2) is 9.84 Å². The number of rotatable bonds is 7. The Labute approximate surface area is 138 Å². The van der Waals surface area contributed by atoms with E-state index in [4.69, 9.17) is 4.74 Å². The number of hydrogen-bond acceptors (Lipinski definition) is 4. The van der Waals surface area contributed by atoms with E-state index in [0.717, 1.165) is 24.2 Å². The minimum Gasteiger partial charge on any atom is -0.492 e. The van der Waals surface area contributed by atoms with Crippen molar-refractivity contribution in [2.45, 2.75) is 50.0 Å². The average molecular weight is 339 g/mol. The fourth-order valence-electron chi connectivity index (χ4n) is 2.85. The number of carbonyl (C=O) groups excluding carboxylic acids is 1. The van der Waals surface area contributed by atoms with Gasteiger partial charge in [-0.2, -0.15) is 0 Å². The molecule has 1 aromatic carbocycles. The highest BCUT2D eigenvalue weighted by Crippen LogP contribution is 2.27. The maximum Gasteiger partial charge on any atom is 0.238 e. The van der Waals surface area contributed by atoms with Crippen LogP contribution >= 0.6 is 0 Å². The molecule has 0 saturated heterocycles. The van der Waals surface area contributed by atoms with Crippen molar-refractivity contribution in [2.24, 2.45) is 0 Å². The standard InChI is InChI=1S/C17H25NO4S/c1-13-6-5-7-15(12-13)22-11-10-18-17(19)14(2)23(20,21)16-8-3-4-9-16/h5-7,12,14,16H,3-4,8-11H2,1-2H3,(H,18,19)/t14-/m0/s1. The molecular formula is C17H25NO4S. The Kier molecular flexibility index (Phi) is 6.04. The van der Waals surface area contributed by atoms with Gasteiger partial charge >= 0.3 is 0 Å². The molecular weight excluding hydrogens is 314 g/mol. The average Bonchev–Trinajstić information content (AvgIpc) is 3.06. The zero-order valence-electron chi connectivity index (χ0n) is 13.7. The molecule has 0 bridgehead atoms. The van der Waals surface area contributed by atoms with Crippen LogP contribution in [0.15, 0.2) is 24.3 Å². The van der Waals surface area contributed by atoms with Gasteiger partial charge in [0.2, 0.25) is 5.91 Å². The normalized spacial score (nSPS) is 17.0. The Bertz CT molecular complexity index is 636. The summed E-state index contributed by atoms with van der Waals surface area (Å²) in [7, 11) is -3.39. The first-order valence-corrected chi connectivity index (χ1v) is 9.72. The zero-order valence-corrected chi connectivity index (χ0v) is 14.6. The van der Waals surface area contributed by atoms with Gasteiger partial charge in [0.05, 0.1) is 11.8 Å². The lowest BCUT2D eigenvalue weighted by Crippen LogP contribution is -2.42. The smallest absolute Gasteiger partial charge is 0.238 e. The molecule has 1 atom stereocenters. The van der Waals surface area contributed by atoms with Gasteiger partial charge in [-0.1, -0.05) is 25.0 Å². The summed E-state index contributed by atoms with van der Waals surface area (Å²) in [6, 6.07) is 7.64. The fourth-order valence-corrected chi connectivity index (χ4v) is 4.80. The van der Waals surface area contributed by atoms with E-state index >= 15 is 0 Å². The molecule has 1 aliphatic rings. The molecule has 1 aliphatic carbocycles. The minimum atomic E-state index is -3.39. The minimum absolute atomic E-state index is 0.289. The van der Waals surface area contributed by atoms with Crippen LogP contribution in [0.2, 0.25) is 0 Å². The van der Waals surface area contributed by atoms with Gasteiger partial charge in [-0.05, 0) is 44.4 Å². The number of benzene rings is 1. The summed E-state index contributed by atoms with van der Waals surface area (Å²) < 4.78 is 30.3. The lowest BCUT2D eigenvalue weighted by Gasteiger charge is -2.17. The monoisotopic (exact) mass is 339 g/mol. The summed E-state index contributed by atoms with van der Waals surface area (Å²) in [5, 5.41) is 1.30. The summed E-state index contributed by atoms with van der Waals surface area (Å²) in [6.07, 6.45) is 3.22. The van der Waals surface area contributed by atoms with Crippen molar-refractivity contribution in [1.29, 1.82) is 0 Å². The van der Waals surface area contributed by atoms with E-state index in [0.29, 0.717) is 19.4 Å². The molecule has 2 rings (SSSR count). The molecule has 1 fully saturated rings. The van der Waals surface area contributed by atoms with Crippen LogP contribution in [0.3, 0.4) is 0 Å². The Balaban J connectivity index is 1.78. The second kappa shape index (κ2) is 7.81. The SMILES string of the molecule is Cc1cccc(OCCNC(=O)[C@H](C)S(=O)(=O)C2CCCC2)c1. The van der Waals surface area contributed by atoms with Crippen LogP contribution in [0.25, 0.3) is 0 Å². The Morgan fingerprint density at radius 3 is 2.70 bits per heavy atom. The molecule has 0 radical (unpaired) electrons. The van der Waals surface area contributed by atoms with Gasteiger partial charge in [0.25, 0.3) is 0 Å². The molecule has 1 saturated carbocycles. The highest BCUT2D eigenvalue weighted by molar-refractivity contribution is 7.93. The molecule has 0 aromatic heterocycles. The fraction of sp³-hybridized carbons (Fsp3) is 0.588. The summed E-state index contributed by atoms with van der Waals surface area (Å²) in [6.45, 7) is 4.05. The first-order chi connectivity index (χ1) is 10.9. The predicted molar refractivity (Wildman–Crippen MR) is 90.3 cm³/mol. The third-order valence-electron chi connectivity index (χ3n) is 4.29. The van der Waals surface area contributed by atoms with E-state index in [1.807, 2.05) is 31.2 Å². The Morgan fingerprint density at radius 2 is 2.04 bits per heavy atom. The van der Waals surface area contributed by atoms with Crippen LogP contribution in [0, 0.1) is 6.92 Å². The van der Waals surface area contributed by atoms with E-state index in [9.17, 15) is 13.2 Å². The zero-order chi connectivity index (χ0) is 16.9. The van der Waals surface area contributed by atoms with E-state index in [-0.39, 0.29) is 11.8 Å². The summed E-state index contributed by atoms with van der Waals surface area (Å²) >= 11 is 0. The summed E-state index contributed by atoms with van der Waals surface area (Å²) in [4.78, 5) is 12.1. The molecule has 0 aliphatic heterocycles. The van der Waals surface area contributed by atoms with Crippen LogP contribution in [-0.4, -0.2) is 38.0 Å². The largest absolute Gasteiger partial charge is 0.492 e. The number of sulfone groups is 1. The molecule has 1 N–H and O–H groups in total. The molecule has 0 unspecified atom stereocenters. The van der Waals surface area contributed by atoms with Crippen molar-refractivity contribution < 1.29 is 17.9 Å². The molecule has 23 heavy (non-hydrogen) atoms. The number of amides is 1. The first kappa shape index (κ1) is 17.8. The van der Waals surface area contributed by atoms with Crippen LogP contribution < -0.4 is 10.1 Å². The molecule has 0 heterocycles. The van der Waals surface area contributed by atoms with Crippen LogP contribution in [0.4, 0.5) is 0 Å². The molecule has 1 amide bonds. The van der Waals surface area contributed by atoms with E-state index in [2.05, 4.69) is 5.32 Å². The van der Waals surface area contributed by atoms with Gasteiger partial charge in [0, 0.05) is 0 Å². The first-order valence-electron chi connectivity index (χ1n) is 8.11. The number of ether oxygens (including phenoxy) is 1. The van der Waals surface area contributed by atoms with Crippen molar-refractivity contribution >= 4 is 15.7 Å². The van der Waals surface area contributed by atoms with Gasteiger partial charge in [-0.3, -0.25) is 4.79 Å². The predicted octanol–water partition coefficient (Wildman–Crippen LogP) is 2.24.